The summed E-state index contributed by atoms with van der Waals surface area (Å²) >= 11 is 0. The monoisotopic (exact) mass is 460 g/mol. The minimum Gasteiger partial charge on any atom is -0.507 e. The van der Waals surface area contributed by atoms with E-state index >= 15 is 0 Å². The quantitative estimate of drug-likeness (QED) is 0.402. The van der Waals surface area contributed by atoms with Crippen molar-refractivity contribution in [2.75, 3.05) is 0 Å². The zero-order valence-corrected chi connectivity index (χ0v) is 21.5. The first-order valence-electron chi connectivity index (χ1n) is 11.6. The van der Waals surface area contributed by atoms with Crippen molar-refractivity contribution < 1.29 is 19.7 Å². The van der Waals surface area contributed by atoms with Gasteiger partial charge in [0.15, 0.2) is 6.10 Å². The van der Waals surface area contributed by atoms with Crippen molar-refractivity contribution in [3.8, 4) is 11.5 Å². The fourth-order valence-electron chi connectivity index (χ4n) is 4.20. The molecule has 0 saturated heterocycles. The molecular formula is C30H36O4. The van der Waals surface area contributed by atoms with Gasteiger partial charge in [0.05, 0.1) is 5.56 Å². The highest BCUT2D eigenvalue weighted by Gasteiger charge is 2.32. The molecule has 2 N–H and O–H groups in total. The summed E-state index contributed by atoms with van der Waals surface area (Å²) in [4.78, 5) is 13.2. The third-order valence-electron chi connectivity index (χ3n) is 5.98. The van der Waals surface area contributed by atoms with Crippen molar-refractivity contribution in [1.82, 2.24) is 0 Å². The lowest BCUT2D eigenvalue weighted by atomic mass is 9.81. The molecule has 3 aromatic carbocycles. The molecule has 0 aromatic heterocycles. The van der Waals surface area contributed by atoms with E-state index in [4.69, 9.17) is 4.74 Å². The number of benzene rings is 3. The van der Waals surface area contributed by atoms with E-state index in [0.717, 1.165) is 22.3 Å². The van der Waals surface area contributed by atoms with Crippen LogP contribution in [0.15, 0.2) is 54.6 Å². The molecule has 34 heavy (non-hydrogen) atoms. The first-order valence-corrected chi connectivity index (χ1v) is 11.6. The molecule has 0 fully saturated rings. The molecule has 0 spiro atoms. The Morgan fingerprint density at radius 1 is 0.735 bits per heavy atom. The van der Waals surface area contributed by atoms with E-state index in [-0.39, 0.29) is 22.3 Å². The first kappa shape index (κ1) is 25.4. The molecule has 0 heterocycles. The molecule has 4 nitrogen and oxygen atoms in total. The van der Waals surface area contributed by atoms with Gasteiger partial charge in [-0.3, -0.25) is 0 Å². The smallest absolute Gasteiger partial charge is 0.339 e. The Morgan fingerprint density at radius 3 is 1.53 bits per heavy atom. The molecule has 0 aliphatic carbocycles. The zero-order valence-electron chi connectivity index (χ0n) is 21.5. The number of aromatic hydroxyl groups is 2. The number of esters is 1. The summed E-state index contributed by atoms with van der Waals surface area (Å²) in [7, 11) is 0. The number of aryl methyl sites for hydroxylation is 2. The molecule has 3 aromatic rings. The van der Waals surface area contributed by atoms with E-state index in [9.17, 15) is 15.0 Å². The topological polar surface area (TPSA) is 66.8 Å². The van der Waals surface area contributed by atoms with Crippen LogP contribution in [0.5, 0.6) is 11.5 Å². The van der Waals surface area contributed by atoms with E-state index in [0.29, 0.717) is 16.7 Å². The number of phenolic OH excluding ortho intramolecular Hbond substituents is 2. The van der Waals surface area contributed by atoms with E-state index in [1.807, 2.05) is 85.7 Å². The highest BCUT2D eigenvalue weighted by atomic mass is 16.5. The van der Waals surface area contributed by atoms with Gasteiger partial charge in [-0.05, 0) is 60.1 Å². The maximum absolute atomic E-state index is 13.2. The van der Waals surface area contributed by atoms with Gasteiger partial charge in [-0.15, -0.1) is 0 Å². The Bertz CT molecular complexity index is 1130. The number of rotatable bonds is 4. The van der Waals surface area contributed by atoms with Crippen molar-refractivity contribution in [3.05, 3.63) is 93.5 Å². The van der Waals surface area contributed by atoms with Crippen LogP contribution in [0, 0.1) is 13.8 Å². The van der Waals surface area contributed by atoms with Crippen LogP contribution >= 0.6 is 0 Å². The van der Waals surface area contributed by atoms with Gasteiger partial charge < -0.3 is 14.9 Å². The molecule has 4 heteroatoms. The molecule has 0 bridgehead atoms. The van der Waals surface area contributed by atoms with Gasteiger partial charge >= 0.3 is 5.97 Å². The van der Waals surface area contributed by atoms with E-state index in [1.54, 1.807) is 24.3 Å². The second-order valence-corrected chi connectivity index (χ2v) is 11.2. The third kappa shape index (κ3) is 5.27. The van der Waals surface area contributed by atoms with E-state index in [1.165, 1.54) is 0 Å². The number of hydrogen-bond donors (Lipinski definition) is 2. The summed E-state index contributed by atoms with van der Waals surface area (Å²) in [6.07, 6.45) is -0.991. The Kier molecular flexibility index (Phi) is 6.84. The van der Waals surface area contributed by atoms with Gasteiger partial charge in [-0.1, -0.05) is 83.0 Å². The summed E-state index contributed by atoms with van der Waals surface area (Å²) < 4.78 is 6.06. The van der Waals surface area contributed by atoms with Gasteiger partial charge in [0, 0.05) is 11.1 Å². The van der Waals surface area contributed by atoms with Crippen molar-refractivity contribution in [2.24, 2.45) is 0 Å². The van der Waals surface area contributed by atoms with Crippen molar-refractivity contribution in [2.45, 2.75) is 72.3 Å². The fraction of sp³-hybridized carbons (Fsp3) is 0.367. The summed E-state index contributed by atoms with van der Waals surface area (Å²) in [5.41, 5.74) is 4.03. The summed E-state index contributed by atoms with van der Waals surface area (Å²) in [6, 6.07) is 16.3. The molecule has 0 amide bonds. The lowest BCUT2D eigenvalue weighted by Gasteiger charge is -2.29. The molecule has 0 radical (unpaired) electrons. The van der Waals surface area contributed by atoms with Crippen LogP contribution in [0.25, 0.3) is 0 Å². The number of carbonyl (C=O) groups is 1. The van der Waals surface area contributed by atoms with Gasteiger partial charge in [-0.25, -0.2) is 4.79 Å². The predicted octanol–water partition coefficient (Wildman–Crippen LogP) is 7.26. The van der Waals surface area contributed by atoms with Gasteiger partial charge in [-0.2, -0.15) is 0 Å². The molecular weight excluding hydrogens is 424 g/mol. The summed E-state index contributed by atoms with van der Waals surface area (Å²) in [6.45, 7) is 16.1. The lowest BCUT2D eigenvalue weighted by molar-refractivity contribution is 0.0370. The van der Waals surface area contributed by atoms with Crippen LogP contribution in [-0.2, 0) is 15.6 Å². The second kappa shape index (κ2) is 9.17. The lowest BCUT2D eigenvalue weighted by Crippen LogP contribution is -2.18. The standard InChI is InChI=1S/C30H36O4/c1-18-14-21(25(31)23(16-18)29(3,4)5)27(34-28(33)20-12-10-9-11-13-20)22-15-19(2)17-24(26(22)32)30(6,7)8/h9-17,27,31-32H,1-8H3. The minimum absolute atomic E-state index is 0.0715. The second-order valence-electron chi connectivity index (χ2n) is 11.2. The highest BCUT2D eigenvalue weighted by molar-refractivity contribution is 5.89. The van der Waals surface area contributed by atoms with Crippen LogP contribution in [0.2, 0.25) is 0 Å². The van der Waals surface area contributed by atoms with Crippen molar-refractivity contribution in [3.63, 3.8) is 0 Å². The molecule has 180 valence electrons. The Hall–Kier alpha value is -3.27. The Labute approximate surface area is 203 Å². The number of ether oxygens (including phenoxy) is 1. The minimum atomic E-state index is -0.991. The Morgan fingerprint density at radius 2 is 1.15 bits per heavy atom. The average molecular weight is 461 g/mol. The van der Waals surface area contributed by atoms with Crippen LogP contribution in [0.4, 0.5) is 0 Å². The molecule has 0 unspecified atom stereocenters. The zero-order chi connectivity index (χ0) is 25.4. The van der Waals surface area contributed by atoms with Crippen LogP contribution in [0.3, 0.4) is 0 Å². The van der Waals surface area contributed by atoms with E-state index < -0.39 is 12.1 Å². The fourth-order valence-corrected chi connectivity index (χ4v) is 4.20. The number of phenols is 2. The first-order chi connectivity index (χ1) is 15.7. The molecule has 0 aliphatic rings. The molecule has 0 saturated carbocycles. The number of carbonyl (C=O) groups excluding carboxylic acids is 1. The van der Waals surface area contributed by atoms with Gasteiger partial charge in [0.1, 0.15) is 11.5 Å². The normalized spacial score (nSPS) is 12.1. The van der Waals surface area contributed by atoms with Crippen molar-refractivity contribution in [1.29, 1.82) is 0 Å². The maximum Gasteiger partial charge on any atom is 0.339 e. The molecule has 0 aliphatic heterocycles. The van der Waals surface area contributed by atoms with Gasteiger partial charge in [0.2, 0.25) is 0 Å². The maximum atomic E-state index is 13.2. The van der Waals surface area contributed by atoms with Crippen LogP contribution in [-0.4, -0.2) is 16.2 Å². The van der Waals surface area contributed by atoms with E-state index in [2.05, 4.69) is 0 Å². The Balaban J connectivity index is 2.29. The van der Waals surface area contributed by atoms with Crippen LogP contribution in [0.1, 0.15) is 91.4 Å². The third-order valence-corrected chi connectivity index (χ3v) is 5.98. The predicted molar refractivity (Wildman–Crippen MR) is 137 cm³/mol. The largest absolute Gasteiger partial charge is 0.507 e. The average Bonchev–Trinajstić information content (AvgIpc) is 2.74. The van der Waals surface area contributed by atoms with Crippen LogP contribution < -0.4 is 0 Å². The summed E-state index contributed by atoms with van der Waals surface area (Å²) in [5.74, 6) is -0.383. The van der Waals surface area contributed by atoms with Gasteiger partial charge in [0.25, 0.3) is 0 Å². The summed E-state index contributed by atoms with van der Waals surface area (Å²) in [5, 5.41) is 22.8. The number of hydrogen-bond acceptors (Lipinski definition) is 4. The van der Waals surface area contributed by atoms with Crippen molar-refractivity contribution >= 4 is 5.97 Å². The molecule has 0 atom stereocenters. The highest BCUT2D eigenvalue weighted by Crippen LogP contribution is 2.45. The SMILES string of the molecule is Cc1cc(C(OC(=O)c2ccccc2)c2cc(C)cc(C(C)(C)C)c2O)c(O)c(C(C)(C)C)c1. The molecule has 3 rings (SSSR count).